The van der Waals surface area contributed by atoms with Gasteiger partial charge in [0.25, 0.3) is 0 Å². The second-order valence-electron chi connectivity index (χ2n) is 6.36. The first-order valence-electron chi connectivity index (χ1n) is 8.66. The number of hydrogen-bond donors (Lipinski definition) is 0. The van der Waals surface area contributed by atoms with E-state index in [1.165, 1.54) is 24.6 Å². The molecule has 1 fully saturated rings. The van der Waals surface area contributed by atoms with Gasteiger partial charge >= 0.3 is 0 Å². The topological polar surface area (TPSA) is 60.2 Å². The molecule has 0 saturated heterocycles. The number of allylic oxidation sites excluding steroid dienone is 1. The van der Waals surface area contributed by atoms with Crippen LogP contribution in [0.4, 0.5) is 0 Å². The summed E-state index contributed by atoms with van der Waals surface area (Å²) in [5.74, 6) is 2.69. The summed E-state index contributed by atoms with van der Waals surface area (Å²) in [6.45, 7) is 4.99. The molecule has 7 heteroatoms. The van der Waals surface area contributed by atoms with Crippen LogP contribution in [-0.4, -0.2) is 45.5 Å². The van der Waals surface area contributed by atoms with Gasteiger partial charge in [0.15, 0.2) is 5.16 Å². The van der Waals surface area contributed by atoms with Crippen LogP contribution in [0.25, 0.3) is 0 Å². The normalized spacial score (nSPS) is 13.5. The number of carbonyl (C=O) groups is 1. The van der Waals surface area contributed by atoms with Crippen LogP contribution in [0, 0.1) is 0 Å². The van der Waals surface area contributed by atoms with E-state index in [0.29, 0.717) is 24.8 Å². The number of methoxy groups -OCH3 is 1. The van der Waals surface area contributed by atoms with Crippen molar-refractivity contribution >= 4 is 17.7 Å². The Hall–Kier alpha value is -2.28. The predicted molar refractivity (Wildman–Crippen MR) is 102 cm³/mol. The van der Waals surface area contributed by atoms with Crippen molar-refractivity contribution in [3.8, 4) is 5.75 Å². The summed E-state index contributed by atoms with van der Waals surface area (Å²) in [6.07, 6.45) is 4.18. The van der Waals surface area contributed by atoms with Crippen molar-refractivity contribution < 1.29 is 9.53 Å². The van der Waals surface area contributed by atoms with E-state index in [9.17, 15) is 4.79 Å². The molecule has 0 atom stereocenters. The summed E-state index contributed by atoms with van der Waals surface area (Å²) in [4.78, 5) is 14.2. The van der Waals surface area contributed by atoms with Crippen LogP contribution in [0.15, 0.2) is 42.1 Å². The highest BCUT2D eigenvalue weighted by atomic mass is 32.2. The zero-order chi connectivity index (χ0) is 18.5. The molecule has 1 saturated carbocycles. The van der Waals surface area contributed by atoms with E-state index in [2.05, 4.69) is 21.3 Å². The summed E-state index contributed by atoms with van der Waals surface area (Å²) < 4.78 is 7.43. The van der Waals surface area contributed by atoms with Gasteiger partial charge in [-0.05, 0) is 18.9 Å². The Bertz CT molecular complexity index is 786. The van der Waals surface area contributed by atoms with Crippen molar-refractivity contribution in [1.29, 1.82) is 0 Å². The van der Waals surface area contributed by atoms with Crippen LogP contribution in [0.2, 0.25) is 0 Å². The standard InChI is InChI=1S/C19H24N4O2S/c1-4-11-23-18(14-9-10-14)20-21-19(23)26-13-17(24)22(2)12-15-7-5-6-8-16(15)25-3/h4-8,14H,1,9-13H2,2-3H3. The van der Waals surface area contributed by atoms with Gasteiger partial charge in [0, 0.05) is 31.6 Å². The molecule has 0 spiro atoms. The molecule has 1 amide bonds. The third-order valence-electron chi connectivity index (χ3n) is 4.35. The Morgan fingerprint density at radius 2 is 2.19 bits per heavy atom. The van der Waals surface area contributed by atoms with E-state index in [-0.39, 0.29) is 5.91 Å². The summed E-state index contributed by atoms with van der Waals surface area (Å²) in [7, 11) is 3.44. The Morgan fingerprint density at radius 3 is 2.88 bits per heavy atom. The molecule has 6 nitrogen and oxygen atoms in total. The van der Waals surface area contributed by atoms with Crippen molar-refractivity contribution in [1.82, 2.24) is 19.7 Å². The molecule has 0 aliphatic heterocycles. The minimum Gasteiger partial charge on any atom is -0.496 e. The highest BCUT2D eigenvalue weighted by molar-refractivity contribution is 7.99. The largest absolute Gasteiger partial charge is 0.496 e. The number of amides is 1. The van der Waals surface area contributed by atoms with Crippen molar-refractivity contribution in [2.75, 3.05) is 19.9 Å². The number of aromatic nitrogens is 3. The molecule has 0 N–H and O–H groups in total. The van der Waals surface area contributed by atoms with Gasteiger partial charge in [-0.2, -0.15) is 0 Å². The molecule has 1 heterocycles. The van der Waals surface area contributed by atoms with E-state index < -0.39 is 0 Å². The van der Waals surface area contributed by atoms with Gasteiger partial charge in [0.05, 0.1) is 12.9 Å². The number of rotatable bonds is 9. The Balaban J connectivity index is 1.60. The molecule has 3 rings (SSSR count). The molecule has 0 bridgehead atoms. The summed E-state index contributed by atoms with van der Waals surface area (Å²) in [6, 6.07) is 7.74. The van der Waals surface area contributed by atoms with Crippen LogP contribution in [0.5, 0.6) is 5.75 Å². The van der Waals surface area contributed by atoms with E-state index in [0.717, 1.165) is 22.3 Å². The number of thioether (sulfide) groups is 1. The number of nitrogens with zero attached hydrogens (tertiary/aromatic N) is 4. The van der Waals surface area contributed by atoms with Gasteiger partial charge in [-0.15, -0.1) is 16.8 Å². The van der Waals surface area contributed by atoms with E-state index in [1.54, 1.807) is 19.1 Å². The quantitative estimate of drug-likeness (QED) is 0.500. The van der Waals surface area contributed by atoms with E-state index in [1.807, 2.05) is 30.3 Å². The van der Waals surface area contributed by atoms with E-state index >= 15 is 0 Å². The molecule has 0 unspecified atom stereocenters. The van der Waals surface area contributed by atoms with Crippen molar-refractivity contribution in [3.05, 3.63) is 48.3 Å². The molecule has 1 aromatic carbocycles. The van der Waals surface area contributed by atoms with Crippen molar-refractivity contribution in [2.45, 2.75) is 37.0 Å². The number of hydrogen-bond acceptors (Lipinski definition) is 5. The lowest BCUT2D eigenvalue weighted by Gasteiger charge is -2.18. The van der Waals surface area contributed by atoms with Gasteiger partial charge < -0.3 is 14.2 Å². The average Bonchev–Trinajstić information content (AvgIpc) is 3.42. The fourth-order valence-electron chi connectivity index (χ4n) is 2.76. The zero-order valence-electron chi connectivity index (χ0n) is 15.2. The lowest BCUT2D eigenvalue weighted by molar-refractivity contribution is -0.127. The second kappa shape index (κ2) is 8.40. The predicted octanol–water partition coefficient (Wildman–Crippen LogP) is 3.10. The van der Waals surface area contributed by atoms with E-state index in [4.69, 9.17) is 4.74 Å². The van der Waals surface area contributed by atoms with Gasteiger partial charge in [-0.25, -0.2) is 0 Å². The van der Waals surface area contributed by atoms with Gasteiger partial charge in [-0.3, -0.25) is 4.79 Å². The Kier molecular flexibility index (Phi) is 5.98. The molecule has 2 aromatic rings. The molecule has 26 heavy (non-hydrogen) atoms. The van der Waals surface area contributed by atoms with Crippen LogP contribution in [0.1, 0.15) is 30.1 Å². The molecular formula is C19H24N4O2S. The summed E-state index contributed by atoms with van der Waals surface area (Å²) >= 11 is 1.43. The maximum absolute atomic E-state index is 12.5. The Labute approximate surface area is 158 Å². The maximum Gasteiger partial charge on any atom is 0.233 e. The molecular weight excluding hydrogens is 348 g/mol. The third kappa shape index (κ3) is 4.27. The fraction of sp³-hybridized carbons (Fsp3) is 0.421. The number of para-hydroxylation sites is 1. The first-order valence-corrected chi connectivity index (χ1v) is 9.65. The molecule has 1 aliphatic rings. The first-order chi connectivity index (χ1) is 12.6. The van der Waals surface area contributed by atoms with Gasteiger partial charge in [-0.1, -0.05) is 36.0 Å². The summed E-state index contributed by atoms with van der Waals surface area (Å²) in [5.41, 5.74) is 0.988. The minimum atomic E-state index is 0.0435. The summed E-state index contributed by atoms with van der Waals surface area (Å²) in [5, 5.41) is 9.37. The molecule has 0 radical (unpaired) electrons. The average molecular weight is 372 g/mol. The van der Waals surface area contributed by atoms with Crippen LogP contribution >= 0.6 is 11.8 Å². The highest BCUT2D eigenvalue weighted by Crippen LogP contribution is 2.40. The van der Waals surface area contributed by atoms with Gasteiger partial charge in [0.2, 0.25) is 5.91 Å². The zero-order valence-corrected chi connectivity index (χ0v) is 16.0. The van der Waals surface area contributed by atoms with Crippen molar-refractivity contribution in [2.24, 2.45) is 0 Å². The first kappa shape index (κ1) is 18.5. The van der Waals surface area contributed by atoms with Gasteiger partial charge in [0.1, 0.15) is 11.6 Å². The lowest BCUT2D eigenvalue weighted by Crippen LogP contribution is -2.28. The monoisotopic (exact) mass is 372 g/mol. The van der Waals surface area contributed by atoms with Crippen molar-refractivity contribution in [3.63, 3.8) is 0 Å². The highest BCUT2D eigenvalue weighted by Gasteiger charge is 2.30. The number of ether oxygens (including phenoxy) is 1. The fourth-order valence-corrected chi connectivity index (χ4v) is 3.66. The third-order valence-corrected chi connectivity index (χ3v) is 5.30. The Morgan fingerprint density at radius 1 is 1.42 bits per heavy atom. The second-order valence-corrected chi connectivity index (χ2v) is 7.31. The number of benzene rings is 1. The molecule has 1 aromatic heterocycles. The lowest BCUT2D eigenvalue weighted by atomic mass is 10.2. The SMILES string of the molecule is C=CCn1c(SCC(=O)N(C)Cc2ccccc2OC)nnc1C1CC1. The molecule has 138 valence electrons. The van der Waals surface area contributed by atoms with Crippen LogP contribution in [0.3, 0.4) is 0 Å². The molecule has 1 aliphatic carbocycles. The minimum absolute atomic E-state index is 0.0435. The van der Waals surface area contributed by atoms with Crippen LogP contribution < -0.4 is 4.74 Å². The maximum atomic E-state index is 12.5. The van der Waals surface area contributed by atoms with Crippen LogP contribution in [-0.2, 0) is 17.9 Å². The smallest absolute Gasteiger partial charge is 0.233 e. The number of carbonyl (C=O) groups excluding carboxylic acids is 1.